The number of rotatable bonds is 6. The molecule has 28 heavy (non-hydrogen) atoms. The molecule has 0 spiro atoms. The lowest BCUT2D eigenvalue weighted by Crippen LogP contribution is -2.24. The molecule has 0 atom stereocenters. The first-order valence-electron chi connectivity index (χ1n) is 9.16. The summed E-state index contributed by atoms with van der Waals surface area (Å²) in [5.41, 5.74) is 1.59. The van der Waals surface area contributed by atoms with Gasteiger partial charge in [0.1, 0.15) is 11.5 Å². The number of pyridine rings is 1. The molecule has 0 unspecified atom stereocenters. The van der Waals surface area contributed by atoms with Crippen LogP contribution in [-0.4, -0.2) is 20.3 Å². The van der Waals surface area contributed by atoms with Gasteiger partial charge in [-0.25, -0.2) is 0 Å². The number of carbonyl (C=O) groups is 1. The molecule has 4 rings (SSSR count). The van der Waals surface area contributed by atoms with Crippen LogP contribution in [0.3, 0.4) is 0 Å². The number of carbonyl (C=O) groups excluding carboxylic acids is 1. The van der Waals surface area contributed by atoms with Crippen molar-refractivity contribution in [3.8, 4) is 16.9 Å². The average molecular weight is 376 g/mol. The lowest BCUT2D eigenvalue weighted by molar-refractivity contribution is 0.0947. The highest BCUT2D eigenvalue weighted by molar-refractivity contribution is 5.99. The lowest BCUT2D eigenvalue weighted by Gasteiger charge is -2.11. The molecule has 2 aliphatic rings. The number of aryl methyl sites for hydroxylation is 1. The van der Waals surface area contributed by atoms with Crippen LogP contribution in [0, 0.1) is 0 Å². The first-order valence-corrected chi connectivity index (χ1v) is 9.16. The van der Waals surface area contributed by atoms with Gasteiger partial charge in [0.05, 0.1) is 29.6 Å². The van der Waals surface area contributed by atoms with Crippen LogP contribution in [0.1, 0.15) is 29.5 Å². The highest BCUT2D eigenvalue weighted by Gasteiger charge is 2.24. The Balaban J connectivity index is 1.77. The molecule has 1 aromatic carbocycles. The van der Waals surface area contributed by atoms with Gasteiger partial charge in [-0.2, -0.15) is 9.78 Å². The predicted octanol–water partition coefficient (Wildman–Crippen LogP) is 3.07. The summed E-state index contributed by atoms with van der Waals surface area (Å²) in [5, 5.41) is 7.29. The summed E-state index contributed by atoms with van der Waals surface area (Å²) in [4.78, 5) is 25.8. The second-order valence-corrected chi connectivity index (χ2v) is 6.49. The minimum absolute atomic E-state index is 0.244. The molecule has 1 aromatic heterocycles. The van der Waals surface area contributed by atoms with Crippen molar-refractivity contribution in [2.45, 2.75) is 26.4 Å². The number of fused-ring (bicyclic) bond motifs is 1. The SMILES string of the molecule is CCCn1cc(C(=O)NCc2ccco2)c2nn(-c3ccccc3)c(=O)c-2c1. The topological polar surface area (TPSA) is 82.1 Å². The molecule has 3 heterocycles. The number of benzene rings is 1. The van der Waals surface area contributed by atoms with E-state index < -0.39 is 0 Å². The van der Waals surface area contributed by atoms with Gasteiger partial charge >= 0.3 is 0 Å². The van der Waals surface area contributed by atoms with Crippen molar-refractivity contribution in [3.63, 3.8) is 0 Å². The van der Waals surface area contributed by atoms with Crippen LogP contribution in [0.25, 0.3) is 16.9 Å². The number of hydrogen-bond acceptors (Lipinski definition) is 4. The molecule has 0 aliphatic carbocycles. The van der Waals surface area contributed by atoms with Crippen molar-refractivity contribution < 1.29 is 9.21 Å². The molecule has 1 N–H and O–H groups in total. The lowest BCUT2D eigenvalue weighted by atomic mass is 10.1. The van der Waals surface area contributed by atoms with Crippen molar-refractivity contribution >= 4 is 5.91 Å². The van der Waals surface area contributed by atoms with Crippen LogP contribution in [-0.2, 0) is 13.1 Å². The van der Waals surface area contributed by atoms with Crippen molar-refractivity contribution in [1.29, 1.82) is 0 Å². The van der Waals surface area contributed by atoms with E-state index in [-0.39, 0.29) is 18.0 Å². The molecule has 142 valence electrons. The van der Waals surface area contributed by atoms with Gasteiger partial charge in [0.15, 0.2) is 0 Å². The van der Waals surface area contributed by atoms with Crippen molar-refractivity contribution in [2.75, 3.05) is 0 Å². The van der Waals surface area contributed by atoms with Crippen LogP contribution in [0.15, 0.2) is 70.3 Å². The number of furan rings is 1. The zero-order valence-electron chi connectivity index (χ0n) is 15.5. The maximum Gasteiger partial charge on any atom is 0.282 e. The molecular formula is C21H20N4O3. The van der Waals surface area contributed by atoms with Crippen molar-refractivity contribution in [3.05, 3.63) is 82.8 Å². The van der Waals surface area contributed by atoms with E-state index >= 15 is 0 Å². The molecule has 7 heteroatoms. The standard InChI is InChI=1S/C21H20N4O3/c1-2-10-24-13-17(20(26)22-12-16-9-6-11-28-16)19-18(14-24)21(27)25(23-19)15-7-4-3-5-8-15/h3-9,11,13-14H,2,10,12H2,1H3,(H,22,26). The number of nitrogens with zero attached hydrogens (tertiary/aromatic N) is 3. The summed E-state index contributed by atoms with van der Waals surface area (Å²) in [7, 11) is 0. The fraction of sp³-hybridized carbons (Fsp3) is 0.190. The van der Waals surface area contributed by atoms with Gasteiger partial charge in [0, 0.05) is 18.9 Å². The number of amides is 1. The van der Waals surface area contributed by atoms with E-state index in [1.165, 1.54) is 4.68 Å². The van der Waals surface area contributed by atoms with Gasteiger partial charge in [-0.05, 0) is 30.7 Å². The van der Waals surface area contributed by atoms with Crippen LogP contribution in [0.4, 0.5) is 0 Å². The Kier molecular flexibility index (Phi) is 4.80. The van der Waals surface area contributed by atoms with Crippen LogP contribution < -0.4 is 10.9 Å². The maximum atomic E-state index is 12.9. The second kappa shape index (κ2) is 7.56. The summed E-state index contributed by atoms with van der Waals surface area (Å²) < 4.78 is 8.46. The van der Waals surface area contributed by atoms with Crippen molar-refractivity contribution in [2.24, 2.45) is 0 Å². The molecule has 0 bridgehead atoms. The van der Waals surface area contributed by atoms with Gasteiger partial charge in [0.25, 0.3) is 11.5 Å². The normalized spacial score (nSPS) is 11.0. The van der Waals surface area contributed by atoms with E-state index in [9.17, 15) is 9.59 Å². The molecule has 2 aliphatic heterocycles. The summed E-state index contributed by atoms with van der Waals surface area (Å²) in [6, 6.07) is 12.7. The molecule has 0 fully saturated rings. The molecule has 1 amide bonds. The summed E-state index contributed by atoms with van der Waals surface area (Å²) in [6.45, 7) is 3.00. The number of hydrogen-bond donors (Lipinski definition) is 1. The molecule has 0 saturated heterocycles. The molecule has 2 aromatic rings. The average Bonchev–Trinajstić information content (AvgIpc) is 3.35. The minimum atomic E-state index is -0.301. The predicted molar refractivity (Wildman–Crippen MR) is 105 cm³/mol. The van der Waals surface area contributed by atoms with Gasteiger partial charge in [-0.1, -0.05) is 25.1 Å². The Morgan fingerprint density at radius 1 is 1.14 bits per heavy atom. The third-order valence-corrected chi connectivity index (χ3v) is 4.45. The van der Waals surface area contributed by atoms with E-state index in [0.717, 1.165) is 6.42 Å². The van der Waals surface area contributed by atoms with E-state index in [2.05, 4.69) is 10.4 Å². The maximum absolute atomic E-state index is 12.9. The van der Waals surface area contributed by atoms with Gasteiger partial charge in [-0.15, -0.1) is 0 Å². The third-order valence-electron chi connectivity index (χ3n) is 4.45. The Morgan fingerprint density at radius 3 is 2.68 bits per heavy atom. The van der Waals surface area contributed by atoms with E-state index in [1.54, 1.807) is 30.8 Å². The summed E-state index contributed by atoms with van der Waals surface area (Å²) >= 11 is 0. The zero-order chi connectivity index (χ0) is 19.5. The second-order valence-electron chi connectivity index (χ2n) is 6.49. The summed E-state index contributed by atoms with van der Waals surface area (Å²) in [5.74, 6) is 0.353. The monoisotopic (exact) mass is 376 g/mol. The van der Waals surface area contributed by atoms with Crippen LogP contribution >= 0.6 is 0 Å². The van der Waals surface area contributed by atoms with Gasteiger partial charge in [0.2, 0.25) is 0 Å². The quantitative estimate of drug-likeness (QED) is 0.561. The fourth-order valence-electron chi connectivity index (χ4n) is 3.13. The molecular weight excluding hydrogens is 356 g/mol. The largest absolute Gasteiger partial charge is 0.467 e. The number of para-hydroxylation sites is 1. The summed E-state index contributed by atoms with van der Waals surface area (Å²) in [6.07, 6.45) is 5.94. The zero-order valence-corrected chi connectivity index (χ0v) is 15.5. The first kappa shape index (κ1) is 17.8. The van der Waals surface area contributed by atoms with E-state index in [4.69, 9.17) is 4.42 Å². The smallest absolute Gasteiger partial charge is 0.282 e. The van der Waals surface area contributed by atoms with E-state index in [0.29, 0.717) is 34.8 Å². The van der Waals surface area contributed by atoms with Gasteiger partial charge in [-0.3, -0.25) is 9.59 Å². The van der Waals surface area contributed by atoms with Crippen LogP contribution in [0.5, 0.6) is 0 Å². The number of nitrogens with one attached hydrogen (secondary N) is 1. The Bertz CT molecular complexity index is 1110. The molecule has 7 nitrogen and oxygen atoms in total. The van der Waals surface area contributed by atoms with E-state index in [1.807, 2.05) is 41.8 Å². The fourth-order valence-corrected chi connectivity index (χ4v) is 3.13. The van der Waals surface area contributed by atoms with Crippen molar-refractivity contribution in [1.82, 2.24) is 19.7 Å². The minimum Gasteiger partial charge on any atom is -0.467 e. The Hall–Kier alpha value is -3.61. The highest BCUT2D eigenvalue weighted by Crippen LogP contribution is 2.22. The molecule has 0 saturated carbocycles. The number of aromatic nitrogens is 3. The third kappa shape index (κ3) is 3.34. The first-order chi connectivity index (χ1) is 13.7. The Labute approximate surface area is 161 Å². The Morgan fingerprint density at radius 2 is 1.96 bits per heavy atom. The van der Waals surface area contributed by atoms with Gasteiger partial charge < -0.3 is 14.3 Å². The highest BCUT2D eigenvalue weighted by atomic mass is 16.3. The molecule has 0 radical (unpaired) electrons. The van der Waals surface area contributed by atoms with Crippen LogP contribution in [0.2, 0.25) is 0 Å².